The number of carbonyl (C=O) groups is 1. The Bertz CT molecular complexity index is 786. The number of benzene rings is 1. The average molecular weight is 364 g/mol. The van der Waals surface area contributed by atoms with E-state index >= 15 is 0 Å². The number of rotatable bonds is 3. The lowest BCUT2D eigenvalue weighted by Crippen LogP contribution is -2.23. The Balaban J connectivity index is 1.44. The molecule has 25 heavy (non-hydrogen) atoms. The molecule has 1 unspecified atom stereocenters. The summed E-state index contributed by atoms with van der Waals surface area (Å²) in [6, 6.07) is 5.39. The van der Waals surface area contributed by atoms with Crippen LogP contribution in [0.5, 0.6) is 5.75 Å². The maximum Gasteiger partial charge on any atom is 0.306 e. The number of anilines is 1. The van der Waals surface area contributed by atoms with Gasteiger partial charge in [-0.3, -0.25) is 4.79 Å². The Morgan fingerprint density at radius 3 is 2.72 bits per heavy atom. The van der Waals surface area contributed by atoms with Crippen LogP contribution >= 0.6 is 11.6 Å². The number of nitrogens with one attached hydrogen (secondary N) is 1. The van der Waals surface area contributed by atoms with E-state index in [-0.39, 0.29) is 17.9 Å². The van der Waals surface area contributed by atoms with E-state index in [4.69, 9.17) is 25.9 Å². The van der Waals surface area contributed by atoms with Crippen molar-refractivity contribution in [2.45, 2.75) is 37.7 Å². The summed E-state index contributed by atoms with van der Waals surface area (Å²) in [5.41, 5.74) is 0.843. The summed E-state index contributed by atoms with van der Waals surface area (Å²) in [6.07, 6.45) is 2.44. The molecule has 2 N–H and O–H groups in total. The molecule has 0 radical (unpaired) electrons. The molecule has 4 rings (SSSR count). The number of fused-ring (bicyclic) bond motifs is 1. The van der Waals surface area contributed by atoms with Crippen LogP contribution in [0.25, 0.3) is 0 Å². The third-order valence-corrected chi connectivity index (χ3v) is 5.08. The van der Waals surface area contributed by atoms with E-state index in [0.717, 1.165) is 18.5 Å². The molecule has 1 fully saturated rings. The minimum atomic E-state index is -0.717. The fraction of sp³-hybridized carbons (Fsp3) is 0.471. The number of aromatic nitrogens is 2. The molecule has 1 atom stereocenters. The van der Waals surface area contributed by atoms with Crippen molar-refractivity contribution in [1.82, 2.24) is 10.2 Å². The third-order valence-electron chi connectivity index (χ3n) is 4.85. The highest BCUT2D eigenvalue weighted by atomic mass is 35.5. The second kappa shape index (κ2) is 6.55. The highest BCUT2D eigenvalue weighted by Crippen LogP contribution is 2.38. The molecule has 2 aliphatic rings. The third kappa shape index (κ3) is 3.28. The summed E-state index contributed by atoms with van der Waals surface area (Å²) in [4.78, 5) is 11.0. The number of nitrogens with zero attached hydrogens (tertiary/aromatic N) is 2. The molecule has 7 nitrogen and oxygen atoms in total. The second-order valence-electron chi connectivity index (χ2n) is 6.49. The fourth-order valence-electron chi connectivity index (χ4n) is 3.41. The van der Waals surface area contributed by atoms with Gasteiger partial charge in [0.25, 0.3) is 5.89 Å². The summed E-state index contributed by atoms with van der Waals surface area (Å²) in [6.45, 7) is 0.515. The Kier molecular flexibility index (Phi) is 4.25. The first-order valence-electron chi connectivity index (χ1n) is 8.36. The molecule has 1 aliphatic carbocycles. The molecule has 8 heteroatoms. The topological polar surface area (TPSA) is 97.5 Å². The minimum Gasteiger partial charge on any atom is -0.481 e. The van der Waals surface area contributed by atoms with Gasteiger partial charge in [-0.25, -0.2) is 0 Å². The molecule has 1 aromatic carbocycles. The van der Waals surface area contributed by atoms with Gasteiger partial charge in [-0.05, 0) is 43.9 Å². The molecule has 0 bridgehead atoms. The summed E-state index contributed by atoms with van der Waals surface area (Å²) in [5.74, 6) is 0.854. The van der Waals surface area contributed by atoms with Crippen LogP contribution < -0.4 is 10.1 Å². The van der Waals surface area contributed by atoms with Gasteiger partial charge in [-0.1, -0.05) is 11.6 Å². The van der Waals surface area contributed by atoms with Crippen LogP contribution in [0, 0.1) is 5.92 Å². The Labute approximate surface area is 149 Å². The summed E-state index contributed by atoms with van der Waals surface area (Å²) in [5, 5.41) is 21.3. The van der Waals surface area contributed by atoms with Crippen LogP contribution in [0.2, 0.25) is 5.02 Å². The van der Waals surface area contributed by atoms with E-state index in [1.807, 2.05) is 6.07 Å². The van der Waals surface area contributed by atoms with Gasteiger partial charge in [0.2, 0.25) is 5.89 Å². The largest absolute Gasteiger partial charge is 0.481 e. The zero-order valence-corrected chi connectivity index (χ0v) is 14.2. The average Bonchev–Trinajstić information content (AvgIpc) is 3.11. The number of aliphatic carboxylic acids is 1. The predicted molar refractivity (Wildman–Crippen MR) is 89.9 cm³/mol. The van der Waals surface area contributed by atoms with Crippen LogP contribution in [0.15, 0.2) is 22.6 Å². The van der Waals surface area contributed by atoms with Gasteiger partial charge in [0.15, 0.2) is 6.10 Å². The number of halogens is 1. The van der Waals surface area contributed by atoms with Gasteiger partial charge >= 0.3 is 5.97 Å². The monoisotopic (exact) mass is 363 g/mol. The smallest absolute Gasteiger partial charge is 0.306 e. The van der Waals surface area contributed by atoms with Gasteiger partial charge in [0.05, 0.1) is 18.2 Å². The highest BCUT2D eigenvalue weighted by molar-refractivity contribution is 6.30. The molecule has 0 spiro atoms. The van der Waals surface area contributed by atoms with E-state index < -0.39 is 5.97 Å². The predicted octanol–water partition coefficient (Wildman–Crippen LogP) is 3.63. The molecule has 2 heterocycles. The first-order chi connectivity index (χ1) is 12.1. The Hall–Kier alpha value is -2.28. The standard InChI is InChI=1S/C17H18ClN3O4/c18-11-5-6-13-12(7-11)19-8-14(24-13)16-21-20-15(25-16)9-1-3-10(4-2-9)17(22)23/h5-7,9-10,14,19H,1-4,8H2,(H,22,23)/t9-,10-,14?. The first-order valence-corrected chi connectivity index (χ1v) is 8.74. The lowest BCUT2D eigenvalue weighted by Gasteiger charge is -2.25. The highest BCUT2D eigenvalue weighted by Gasteiger charge is 2.31. The summed E-state index contributed by atoms with van der Waals surface area (Å²) < 4.78 is 11.8. The number of hydrogen-bond donors (Lipinski definition) is 2. The molecule has 1 aliphatic heterocycles. The van der Waals surface area contributed by atoms with Crippen molar-refractivity contribution in [2.24, 2.45) is 5.92 Å². The molecular formula is C17H18ClN3O4. The number of ether oxygens (including phenoxy) is 1. The van der Waals surface area contributed by atoms with E-state index in [1.54, 1.807) is 12.1 Å². The SMILES string of the molecule is O=C(O)[C@H]1CC[C@H](c2nnc(C3CNc4cc(Cl)ccc4O3)o2)CC1. The lowest BCUT2D eigenvalue weighted by atomic mass is 9.82. The van der Waals surface area contributed by atoms with E-state index in [9.17, 15) is 4.79 Å². The normalized spacial score (nSPS) is 25.6. The molecule has 132 valence electrons. The molecule has 1 saturated carbocycles. The van der Waals surface area contributed by atoms with Crippen molar-refractivity contribution in [3.63, 3.8) is 0 Å². The zero-order chi connectivity index (χ0) is 17.4. The second-order valence-corrected chi connectivity index (χ2v) is 6.93. The maximum absolute atomic E-state index is 11.0. The van der Waals surface area contributed by atoms with E-state index in [2.05, 4.69) is 15.5 Å². The number of hydrogen-bond acceptors (Lipinski definition) is 6. The van der Waals surface area contributed by atoms with Crippen molar-refractivity contribution in [3.05, 3.63) is 35.0 Å². The summed E-state index contributed by atoms with van der Waals surface area (Å²) in [7, 11) is 0. The van der Waals surface area contributed by atoms with Crippen molar-refractivity contribution in [3.8, 4) is 5.75 Å². The Morgan fingerprint density at radius 1 is 1.20 bits per heavy atom. The van der Waals surface area contributed by atoms with Crippen molar-refractivity contribution in [2.75, 3.05) is 11.9 Å². The van der Waals surface area contributed by atoms with Gasteiger partial charge in [0.1, 0.15) is 5.75 Å². The molecule has 0 saturated heterocycles. The van der Waals surface area contributed by atoms with Crippen molar-refractivity contribution < 1.29 is 19.1 Å². The Morgan fingerprint density at radius 2 is 1.96 bits per heavy atom. The van der Waals surface area contributed by atoms with Crippen LogP contribution in [0.3, 0.4) is 0 Å². The van der Waals surface area contributed by atoms with E-state index in [0.29, 0.717) is 41.9 Å². The van der Waals surface area contributed by atoms with Gasteiger partial charge in [0, 0.05) is 10.9 Å². The first kappa shape index (κ1) is 16.2. The fourth-order valence-corrected chi connectivity index (χ4v) is 3.58. The van der Waals surface area contributed by atoms with Crippen LogP contribution in [0.1, 0.15) is 49.5 Å². The maximum atomic E-state index is 11.0. The molecular weight excluding hydrogens is 346 g/mol. The van der Waals surface area contributed by atoms with Crippen LogP contribution in [-0.2, 0) is 4.79 Å². The molecule has 1 aromatic heterocycles. The van der Waals surface area contributed by atoms with Gasteiger partial charge in [-0.2, -0.15) is 0 Å². The molecule has 0 amide bonds. The summed E-state index contributed by atoms with van der Waals surface area (Å²) >= 11 is 5.98. The minimum absolute atomic E-state index is 0.125. The van der Waals surface area contributed by atoms with Crippen molar-refractivity contribution in [1.29, 1.82) is 0 Å². The van der Waals surface area contributed by atoms with Crippen molar-refractivity contribution >= 4 is 23.3 Å². The lowest BCUT2D eigenvalue weighted by molar-refractivity contribution is -0.142. The van der Waals surface area contributed by atoms with E-state index in [1.165, 1.54) is 0 Å². The number of carboxylic acid groups (broad SMARTS) is 1. The van der Waals surface area contributed by atoms with Gasteiger partial charge in [-0.15, -0.1) is 10.2 Å². The molecule has 2 aromatic rings. The van der Waals surface area contributed by atoms with Crippen LogP contribution in [-0.4, -0.2) is 27.8 Å². The van der Waals surface area contributed by atoms with Gasteiger partial charge < -0.3 is 19.6 Å². The zero-order valence-electron chi connectivity index (χ0n) is 13.4. The van der Waals surface area contributed by atoms with Crippen LogP contribution in [0.4, 0.5) is 5.69 Å². The number of carboxylic acids is 1. The quantitative estimate of drug-likeness (QED) is 0.859.